The van der Waals surface area contributed by atoms with Gasteiger partial charge in [0.05, 0.1) is 13.2 Å². The molecule has 190 valence electrons. The molecule has 0 radical (unpaired) electrons. The van der Waals surface area contributed by atoms with Gasteiger partial charge < -0.3 is 34.3 Å². The van der Waals surface area contributed by atoms with E-state index < -0.39 is 42.1 Å². The monoisotopic (exact) mass is 496 g/mol. The van der Waals surface area contributed by atoms with E-state index in [4.69, 9.17) is 18.9 Å². The molecular formula is C27H28O9. The highest BCUT2D eigenvalue weighted by Crippen LogP contribution is 2.38. The molecule has 0 saturated carbocycles. The molecular weight excluding hydrogens is 468 g/mol. The molecule has 1 fully saturated rings. The quantitative estimate of drug-likeness (QED) is 0.300. The highest BCUT2D eigenvalue weighted by molar-refractivity contribution is 5.94. The van der Waals surface area contributed by atoms with Crippen molar-refractivity contribution in [2.24, 2.45) is 0 Å². The average molecular weight is 497 g/mol. The number of ether oxygens (including phenoxy) is 4. The van der Waals surface area contributed by atoms with E-state index in [9.17, 15) is 24.9 Å². The first-order valence-corrected chi connectivity index (χ1v) is 11.5. The number of methoxy groups -OCH3 is 1. The molecule has 2 aromatic carbocycles. The van der Waals surface area contributed by atoms with Gasteiger partial charge in [-0.05, 0) is 41.8 Å². The number of rotatable bonds is 7. The normalized spacial score (nSPS) is 27.3. The second kappa shape index (κ2) is 10.5. The summed E-state index contributed by atoms with van der Waals surface area (Å²) in [6.45, 7) is 1.16. The second-order valence-corrected chi connectivity index (χ2v) is 8.70. The van der Waals surface area contributed by atoms with E-state index in [1.165, 1.54) is 19.3 Å². The summed E-state index contributed by atoms with van der Waals surface area (Å²) in [6, 6.07) is 13.8. The summed E-state index contributed by atoms with van der Waals surface area (Å²) in [5.74, 6) is -3.43. The topological polar surface area (TPSA) is 132 Å². The fourth-order valence-electron chi connectivity index (χ4n) is 4.35. The molecule has 0 aliphatic carbocycles. The van der Waals surface area contributed by atoms with Crippen molar-refractivity contribution >= 4 is 18.0 Å². The van der Waals surface area contributed by atoms with Gasteiger partial charge in [-0.15, -0.1) is 0 Å². The lowest BCUT2D eigenvalue weighted by Crippen LogP contribution is -2.66. The summed E-state index contributed by atoms with van der Waals surface area (Å²) in [6.07, 6.45) is -0.0272. The Hall–Kier alpha value is -3.66. The Balaban J connectivity index is 1.69. The molecule has 9 nitrogen and oxygen atoms in total. The lowest BCUT2D eigenvalue weighted by atomic mass is 9.87. The zero-order valence-electron chi connectivity index (χ0n) is 19.9. The van der Waals surface area contributed by atoms with Crippen molar-refractivity contribution < 1.29 is 43.9 Å². The molecule has 1 saturated heterocycles. The maximum atomic E-state index is 13.5. The van der Waals surface area contributed by atoms with Gasteiger partial charge in [0.1, 0.15) is 6.10 Å². The summed E-state index contributed by atoms with van der Waals surface area (Å²) in [5, 5.41) is 31.8. The number of aliphatic hydroxyl groups is 2. The van der Waals surface area contributed by atoms with Crippen LogP contribution in [0.5, 0.6) is 11.5 Å². The molecule has 0 spiro atoms. The molecule has 2 aromatic rings. The Bertz CT molecular complexity index is 1170. The number of aliphatic hydroxyl groups excluding tert-OH is 1. The highest BCUT2D eigenvalue weighted by atomic mass is 16.7. The first-order chi connectivity index (χ1) is 17.2. The number of phenols is 1. The van der Waals surface area contributed by atoms with E-state index in [2.05, 4.69) is 0 Å². The predicted molar refractivity (Wildman–Crippen MR) is 128 cm³/mol. The number of benzene rings is 2. The van der Waals surface area contributed by atoms with Crippen LogP contribution in [-0.2, 0) is 30.2 Å². The van der Waals surface area contributed by atoms with Crippen LogP contribution in [-0.4, -0.2) is 64.6 Å². The van der Waals surface area contributed by atoms with Gasteiger partial charge in [-0.25, -0.2) is 4.79 Å². The number of carbonyl (C=O) groups is 2. The summed E-state index contributed by atoms with van der Waals surface area (Å²) >= 11 is 0. The van der Waals surface area contributed by atoms with Crippen LogP contribution in [0.3, 0.4) is 0 Å². The fourth-order valence-corrected chi connectivity index (χ4v) is 4.35. The van der Waals surface area contributed by atoms with Gasteiger partial charge in [-0.3, -0.25) is 4.79 Å². The van der Waals surface area contributed by atoms with Crippen molar-refractivity contribution in [3.05, 3.63) is 77.4 Å². The number of fused-ring (bicyclic) bond motifs is 2. The number of phenolic OH excluding ortho intramolecular Hbond substituents is 1. The number of hydrogen-bond donors (Lipinski definition) is 3. The van der Waals surface area contributed by atoms with Gasteiger partial charge in [0.15, 0.2) is 23.7 Å². The van der Waals surface area contributed by atoms with Gasteiger partial charge in [0, 0.05) is 18.9 Å². The smallest absolute Gasteiger partial charge is 0.334 e. The van der Waals surface area contributed by atoms with Crippen LogP contribution >= 0.6 is 0 Å². The summed E-state index contributed by atoms with van der Waals surface area (Å²) in [7, 11) is 1.41. The van der Waals surface area contributed by atoms with Gasteiger partial charge in [-0.1, -0.05) is 42.5 Å². The standard InChI is InChI=1S/C27H28O9/c1-16(28)34-24-23(30)21-9-6-12-27(32,36-21)25(24)35-26(31)19(13-17-7-4-3-5-8-17)14-18-10-11-20(29)22(15-18)33-2/h3-8,10-12,14-15,21,23-25,29-30,32H,9,13H2,1-2H3/b19-14+/t21-,23-,24+,25+,27+/m0/s1. The minimum Gasteiger partial charge on any atom is -0.504 e. The van der Waals surface area contributed by atoms with E-state index >= 15 is 0 Å². The zero-order chi connectivity index (χ0) is 25.9. The third-order valence-corrected chi connectivity index (χ3v) is 6.07. The lowest BCUT2D eigenvalue weighted by molar-refractivity contribution is -0.329. The largest absolute Gasteiger partial charge is 0.504 e. The Labute approximate surface area is 208 Å². The van der Waals surface area contributed by atoms with E-state index in [1.54, 1.807) is 24.3 Å². The van der Waals surface area contributed by atoms with E-state index in [1.807, 2.05) is 30.3 Å². The van der Waals surface area contributed by atoms with E-state index in [0.717, 1.165) is 12.5 Å². The van der Waals surface area contributed by atoms with Crippen LogP contribution in [0.15, 0.2) is 66.3 Å². The third-order valence-electron chi connectivity index (χ3n) is 6.07. The predicted octanol–water partition coefficient (Wildman–Crippen LogP) is 2.28. The van der Waals surface area contributed by atoms with E-state index in [-0.39, 0.29) is 23.5 Å². The maximum Gasteiger partial charge on any atom is 0.334 e. The molecule has 9 heteroatoms. The Morgan fingerprint density at radius 3 is 2.61 bits per heavy atom. The number of hydrogen-bond acceptors (Lipinski definition) is 9. The molecule has 2 heterocycles. The summed E-state index contributed by atoms with van der Waals surface area (Å²) < 4.78 is 21.7. The van der Waals surface area contributed by atoms with Gasteiger partial charge in [-0.2, -0.15) is 0 Å². The fraction of sp³-hybridized carbons (Fsp3) is 0.333. The Morgan fingerprint density at radius 1 is 1.17 bits per heavy atom. The van der Waals surface area contributed by atoms with Crippen LogP contribution in [0, 0.1) is 0 Å². The lowest BCUT2D eigenvalue weighted by Gasteiger charge is -2.48. The SMILES string of the molecule is COc1cc(/C=C(\Cc2ccccc2)C(=O)O[C@@H]2[C@H](OC(C)=O)[C@@H](O)[C@@H]3CC=C[C@@]2(O)O3)ccc1O. The van der Waals surface area contributed by atoms with Crippen molar-refractivity contribution in [1.82, 2.24) is 0 Å². The van der Waals surface area contributed by atoms with Gasteiger partial charge >= 0.3 is 11.9 Å². The third kappa shape index (κ3) is 5.43. The van der Waals surface area contributed by atoms with Crippen LogP contribution in [0.1, 0.15) is 24.5 Å². The minimum atomic E-state index is -2.09. The first-order valence-electron chi connectivity index (χ1n) is 11.5. The minimum absolute atomic E-state index is 0.0553. The molecule has 2 bridgehead atoms. The Kier molecular flexibility index (Phi) is 7.44. The molecule has 3 N–H and O–H groups in total. The van der Waals surface area contributed by atoms with Crippen molar-refractivity contribution in [2.75, 3.05) is 7.11 Å². The van der Waals surface area contributed by atoms with Gasteiger partial charge in [0.25, 0.3) is 0 Å². The number of aromatic hydroxyl groups is 1. The maximum absolute atomic E-state index is 13.5. The van der Waals surface area contributed by atoms with E-state index in [0.29, 0.717) is 12.0 Å². The van der Waals surface area contributed by atoms with Gasteiger partial charge in [0.2, 0.25) is 5.79 Å². The average Bonchev–Trinajstić information content (AvgIpc) is 2.86. The van der Waals surface area contributed by atoms with Crippen LogP contribution in [0.2, 0.25) is 0 Å². The second-order valence-electron chi connectivity index (χ2n) is 8.70. The molecule has 0 amide bonds. The zero-order valence-corrected chi connectivity index (χ0v) is 19.9. The highest BCUT2D eigenvalue weighted by Gasteiger charge is 2.57. The molecule has 0 aromatic heterocycles. The van der Waals surface area contributed by atoms with Crippen molar-refractivity contribution in [2.45, 2.75) is 50.0 Å². The molecule has 36 heavy (non-hydrogen) atoms. The van der Waals surface area contributed by atoms with Crippen molar-refractivity contribution in [3.63, 3.8) is 0 Å². The van der Waals surface area contributed by atoms with Crippen LogP contribution in [0.25, 0.3) is 6.08 Å². The molecule has 0 unspecified atom stereocenters. The first kappa shape index (κ1) is 25.4. The Morgan fingerprint density at radius 2 is 1.92 bits per heavy atom. The van der Waals surface area contributed by atoms with Crippen molar-refractivity contribution in [1.29, 1.82) is 0 Å². The molecule has 2 aliphatic heterocycles. The molecule has 2 aliphatic rings. The number of carbonyl (C=O) groups excluding carboxylic acids is 2. The summed E-state index contributed by atoms with van der Waals surface area (Å²) in [5.41, 5.74) is 1.58. The van der Waals surface area contributed by atoms with Crippen LogP contribution < -0.4 is 4.74 Å². The summed E-state index contributed by atoms with van der Waals surface area (Å²) in [4.78, 5) is 25.3. The van der Waals surface area contributed by atoms with Crippen LogP contribution in [0.4, 0.5) is 0 Å². The number of esters is 2. The van der Waals surface area contributed by atoms with Crippen molar-refractivity contribution in [3.8, 4) is 11.5 Å². The molecule has 5 atom stereocenters. The molecule has 4 rings (SSSR count).